The smallest absolute Gasteiger partial charge is 0.338 e. The van der Waals surface area contributed by atoms with Gasteiger partial charge in [-0.15, -0.1) is 0 Å². The van der Waals surface area contributed by atoms with E-state index in [1.54, 1.807) is 33.2 Å². The molecule has 2 N–H and O–H groups in total. The van der Waals surface area contributed by atoms with Gasteiger partial charge in [0.2, 0.25) is 0 Å². The molecular formula is C19H26N4O3S. The van der Waals surface area contributed by atoms with Crippen molar-refractivity contribution in [1.29, 1.82) is 0 Å². The minimum Gasteiger partial charge on any atom is -0.463 e. The predicted molar refractivity (Wildman–Crippen MR) is 109 cm³/mol. The molecular weight excluding hydrogens is 364 g/mol. The highest BCUT2D eigenvalue weighted by Crippen LogP contribution is 2.31. The molecule has 1 aromatic carbocycles. The van der Waals surface area contributed by atoms with E-state index in [9.17, 15) is 9.59 Å². The third-order valence-corrected chi connectivity index (χ3v) is 4.65. The van der Waals surface area contributed by atoms with E-state index in [-0.39, 0.29) is 12.0 Å². The fourth-order valence-corrected chi connectivity index (χ4v) is 3.26. The number of thiocarbonyl (C=S) groups is 1. The summed E-state index contributed by atoms with van der Waals surface area (Å²) in [6.45, 7) is 6.59. The Kier molecular flexibility index (Phi) is 6.79. The molecule has 1 aliphatic heterocycles. The van der Waals surface area contributed by atoms with Crippen molar-refractivity contribution in [3.8, 4) is 0 Å². The number of carbonyl (C=O) groups is 2. The minimum absolute atomic E-state index is 0.207. The highest BCUT2D eigenvalue weighted by atomic mass is 32.1. The van der Waals surface area contributed by atoms with Gasteiger partial charge in [-0.25, -0.2) is 9.59 Å². The van der Waals surface area contributed by atoms with Gasteiger partial charge in [0.15, 0.2) is 5.11 Å². The van der Waals surface area contributed by atoms with Crippen molar-refractivity contribution >= 4 is 35.0 Å². The van der Waals surface area contributed by atoms with Gasteiger partial charge in [0, 0.05) is 32.0 Å². The summed E-state index contributed by atoms with van der Waals surface area (Å²) in [4.78, 5) is 27.7. The number of esters is 1. The van der Waals surface area contributed by atoms with Crippen molar-refractivity contribution in [3.63, 3.8) is 0 Å². The average molecular weight is 391 g/mol. The summed E-state index contributed by atoms with van der Waals surface area (Å²) in [7, 11) is 3.35. The lowest BCUT2D eigenvalue weighted by molar-refractivity contribution is -0.139. The normalized spacial score (nSPS) is 16.7. The molecule has 0 spiro atoms. The molecule has 0 unspecified atom stereocenters. The quantitative estimate of drug-likeness (QED) is 0.595. The van der Waals surface area contributed by atoms with Crippen molar-refractivity contribution in [2.45, 2.75) is 26.8 Å². The summed E-state index contributed by atoms with van der Waals surface area (Å²) >= 11 is 5.46. The van der Waals surface area contributed by atoms with E-state index < -0.39 is 6.04 Å². The van der Waals surface area contributed by atoms with Crippen molar-refractivity contribution in [3.05, 3.63) is 41.1 Å². The zero-order valence-corrected chi connectivity index (χ0v) is 17.1. The molecule has 0 radical (unpaired) electrons. The molecule has 2 amide bonds. The standard InChI is InChI=1S/C19H26N4O3S/c1-6-23-12(3)15(17(24)26-7-2)16(21-19(23)27)13-8-10-14(11-9-13)20-18(25)22(4)5/h8-11,16H,6-7H2,1-5H3,(H,20,25)(H,21,27)/t16-/m1/s1. The molecule has 1 aliphatic rings. The lowest BCUT2D eigenvalue weighted by Gasteiger charge is -2.37. The van der Waals surface area contributed by atoms with E-state index in [4.69, 9.17) is 17.0 Å². The van der Waals surface area contributed by atoms with Crippen LogP contribution in [0.1, 0.15) is 32.4 Å². The lowest BCUT2D eigenvalue weighted by atomic mass is 9.95. The SMILES string of the molecule is CCOC(=O)C1=C(C)N(CC)C(=S)N[C@@H]1c1ccc(NC(=O)N(C)C)cc1. The van der Waals surface area contributed by atoms with Crippen LogP contribution in [0.3, 0.4) is 0 Å². The zero-order chi connectivity index (χ0) is 20.1. The van der Waals surface area contributed by atoms with Crippen LogP contribution in [0.15, 0.2) is 35.5 Å². The van der Waals surface area contributed by atoms with Gasteiger partial charge in [0.05, 0.1) is 18.2 Å². The third kappa shape index (κ3) is 4.57. The molecule has 0 fully saturated rings. The Balaban J connectivity index is 2.36. The number of carbonyl (C=O) groups excluding carboxylic acids is 2. The summed E-state index contributed by atoms with van der Waals surface area (Å²) in [5.74, 6) is -0.363. The summed E-state index contributed by atoms with van der Waals surface area (Å²) in [6, 6.07) is 6.70. The van der Waals surface area contributed by atoms with Crippen LogP contribution in [0, 0.1) is 0 Å². The maximum Gasteiger partial charge on any atom is 0.338 e. The van der Waals surface area contributed by atoms with Crippen LogP contribution < -0.4 is 10.6 Å². The highest BCUT2D eigenvalue weighted by Gasteiger charge is 2.34. The van der Waals surface area contributed by atoms with Crippen LogP contribution in [0.4, 0.5) is 10.5 Å². The monoisotopic (exact) mass is 390 g/mol. The Morgan fingerprint density at radius 3 is 2.41 bits per heavy atom. The van der Waals surface area contributed by atoms with Crippen LogP contribution in [-0.4, -0.2) is 54.2 Å². The molecule has 1 atom stereocenters. The topological polar surface area (TPSA) is 73.9 Å². The van der Waals surface area contributed by atoms with Gasteiger partial charge in [0.1, 0.15) is 0 Å². The van der Waals surface area contributed by atoms with Crippen molar-refractivity contribution < 1.29 is 14.3 Å². The van der Waals surface area contributed by atoms with Gasteiger partial charge in [-0.2, -0.15) is 0 Å². The number of hydrogen-bond donors (Lipinski definition) is 2. The van der Waals surface area contributed by atoms with Gasteiger partial charge in [-0.3, -0.25) is 0 Å². The number of anilines is 1. The number of nitrogens with one attached hydrogen (secondary N) is 2. The van der Waals surface area contributed by atoms with Gasteiger partial charge in [-0.05, 0) is 50.7 Å². The second-order valence-electron chi connectivity index (χ2n) is 6.29. The molecule has 1 aromatic rings. The third-order valence-electron chi connectivity index (χ3n) is 4.31. The zero-order valence-electron chi connectivity index (χ0n) is 16.3. The van der Waals surface area contributed by atoms with E-state index >= 15 is 0 Å². The average Bonchev–Trinajstić information content (AvgIpc) is 2.62. The number of amides is 2. The Morgan fingerprint density at radius 1 is 1.26 bits per heavy atom. The molecule has 8 heteroatoms. The molecule has 2 rings (SSSR count). The fourth-order valence-electron chi connectivity index (χ4n) is 2.88. The number of rotatable bonds is 5. The van der Waals surface area contributed by atoms with Crippen LogP contribution in [0.2, 0.25) is 0 Å². The number of hydrogen-bond acceptors (Lipinski definition) is 4. The Morgan fingerprint density at radius 2 is 1.89 bits per heavy atom. The number of urea groups is 1. The van der Waals surface area contributed by atoms with Crippen LogP contribution in [0.5, 0.6) is 0 Å². The van der Waals surface area contributed by atoms with Gasteiger partial charge < -0.3 is 25.2 Å². The highest BCUT2D eigenvalue weighted by molar-refractivity contribution is 7.80. The second kappa shape index (κ2) is 8.85. The minimum atomic E-state index is -0.405. The molecule has 0 saturated heterocycles. The molecule has 1 heterocycles. The molecule has 146 valence electrons. The van der Waals surface area contributed by atoms with Crippen LogP contribution >= 0.6 is 12.2 Å². The Labute approximate surface area is 165 Å². The first kappa shape index (κ1) is 20.7. The lowest BCUT2D eigenvalue weighted by Crippen LogP contribution is -2.47. The number of allylic oxidation sites excluding steroid dienone is 1. The second-order valence-corrected chi connectivity index (χ2v) is 6.68. The summed E-state index contributed by atoms with van der Waals surface area (Å²) < 4.78 is 5.27. The molecule has 0 aromatic heterocycles. The maximum absolute atomic E-state index is 12.6. The van der Waals surface area contributed by atoms with Crippen molar-refractivity contribution in [2.75, 3.05) is 32.6 Å². The van der Waals surface area contributed by atoms with Crippen LogP contribution in [-0.2, 0) is 9.53 Å². The Bertz CT molecular complexity index is 759. The summed E-state index contributed by atoms with van der Waals surface area (Å²) in [5.41, 5.74) is 2.86. The van der Waals surface area contributed by atoms with E-state index in [1.807, 2.05) is 30.9 Å². The maximum atomic E-state index is 12.6. The number of benzene rings is 1. The molecule has 0 aliphatic carbocycles. The van der Waals surface area contributed by atoms with Crippen molar-refractivity contribution in [2.24, 2.45) is 0 Å². The van der Waals surface area contributed by atoms with Gasteiger partial charge in [0.25, 0.3) is 0 Å². The summed E-state index contributed by atoms with van der Waals surface area (Å²) in [6.07, 6.45) is 0. The first-order valence-corrected chi connectivity index (χ1v) is 9.25. The Hall–Kier alpha value is -2.61. The number of ether oxygens (including phenoxy) is 1. The molecule has 0 bridgehead atoms. The van der Waals surface area contributed by atoms with Gasteiger partial charge >= 0.3 is 12.0 Å². The van der Waals surface area contributed by atoms with Gasteiger partial charge in [-0.1, -0.05) is 12.1 Å². The van der Waals surface area contributed by atoms with E-state index in [0.717, 1.165) is 11.3 Å². The largest absolute Gasteiger partial charge is 0.463 e. The first-order chi connectivity index (χ1) is 12.8. The number of nitrogens with zero attached hydrogens (tertiary/aromatic N) is 2. The summed E-state index contributed by atoms with van der Waals surface area (Å²) in [5, 5.41) is 6.59. The molecule has 27 heavy (non-hydrogen) atoms. The predicted octanol–water partition coefficient (Wildman–Crippen LogP) is 2.87. The van der Waals surface area contributed by atoms with E-state index in [0.29, 0.717) is 29.5 Å². The molecule has 7 nitrogen and oxygen atoms in total. The van der Waals surface area contributed by atoms with Crippen molar-refractivity contribution in [1.82, 2.24) is 15.1 Å². The van der Waals surface area contributed by atoms with E-state index in [1.165, 1.54) is 4.90 Å². The first-order valence-electron chi connectivity index (χ1n) is 8.84. The molecule has 0 saturated carbocycles. The fraction of sp³-hybridized carbons (Fsp3) is 0.421. The van der Waals surface area contributed by atoms with Crippen LogP contribution in [0.25, 0.3) is 0 Å². The van der Waals surface area contributed by atoms with E-state index in [2.05, 4.69) is 10.6 Å².